The molecule has 0 saturated heterocycles. The predicted molar refractivity (Wildman–Crippen MR) is 73.6 cm³/mol. The molecule has 0 atom stereocenters. The first kappa shape index (κ1) is 12.4. The quantitative estimate of drug-likeness (QED) is 0.636. The smallest absolute Gasteiger partial charge is 0.104 e. The van der Waals surface area contributed by atoms with Crippen LogP contribution in [-0.2, 0) is 0 Å². The summed E-state index contributed by atoms with van der Waals surface area (Å²) in [6, 6.07) is 6.21. The van der Waals surface area contributed by atoms with Gasteiger partial charge in [-0.2, -0.15) is 0 Å². The van der Waals surface area contributed by atoms with Crippen molar-refractivity contribution in [2.45, 2.75) is 27.7 Å². The molecule has 3 aromatic rings. The molecule has 0 aliphatic carbocycles. The summed E-state index contributed by atoms with van der Waals surface area (Å²) in [5.41, 5.74) is 4.56. The summed E-state index contributed by atoms with van der Waals surface area (Å²) < 4.78 is 0. The summed E-state index contributed by atoms with van der Waals surface area (Å²) in [6.45, 7) is 7.97. The molecule has 0 radical (unpaired) electrons. The SMILES string of the molecule is Cc1ccc2nc(C)[nH]c2c1.Cc1cnc(C)[nH]1. The number of imidazole rings is 2. The number of aryl methyl sites for hydroxylation is 4. The number of benzene rings is 1. The van der Waals surface area contributed by atoms with Crippen LogP contribution in [0.5, 0.6) is 0 Å². The second-order valence-electron chi connectivity index (χ2n) is 4.49. The lowest BCUT2D eigenvalue weighted by Gasteiger charge is -1.89. The Morgan fingerprint density at radius 1 is 0.944 bits per heavy atom. The molecule has 1 aromatic carbocycles. The molecule has 4 nitrogen and oxygen atoms in total. The molecule has 0 aliphatic rings. The van der Waals surface area contributed by atoms with Gasteiger partial charge in [0.1, 0.15) is 11.6 Å². The van der Waals surface area contributed by atoms with Crippen molar-refractivity contribution in [3.63, 3.8) is 0 Å². The van der Waals surface area contributed by atoms with E-state index < -0.39 is 0 Å². The second-order valence-corrected chi connectivity index (χ2v) is 4.49. The van der Waals surface area contributed by atoms with Crippen LogP contribution in [0, 0.1) is 27.7 Å². The average Bonchev–Trinajstić information content (AvgIpc) is 2.83. The van der Waals surface area contributed by atoms with E-state index in [1.165, 1.54) is 5.56 Å². The van der Waals surface area contributed by atoms with Gasteiger partial charge in [-0.25, -0.2) is 9.97 Å². The van der Waals surface area contributed by atoms with Crippen molar-refractivity contribution in [2.75, 3.05) is 0 Å². The van der Waals surface area contributed by atoms with Gasteiger partial charge in [0.15, 0.2) is 0 Å². The van der Waals surface area contributed by atoms with E-state index in [9.17, 15) is 0 Å². The summed E-state index contributed by atoms with van der Waals surface area (Å²) in [4.78, 5) is 14.5. The minimum absolute atomic E-state index is 0.977. The molecule has 0 aliphatic heterocycles. The molecule has 3 rings (SSSR count). The number of fused-ring (bicyclic) bond motifs is 1. The van der Waals surface area contributed by atoms with E-state index in [4.69, 9.17) is 0 Å². The van der Waals surface area contributed by atoms with E-state index >= 15 is 0 Å². The molecule has 0 fully saturated rings. The Hall–Kier alpha value is -2.10. The first-order valence-corrected chi connectivity index (χ1v) is 5.96. The van der Waals surface area contributed by atoms with E-state index in [1.54, 1.807) is 0 Å². The highest BCUT2D eigenvalue weighted by molar-refractivity contribution is 5.75. The second kappa shape index (κ2) is 5.04. The van der Waals surface area contributed by atoms with Gasteiger partial charge in [0.05, 0.1) is 11.0 Å². The van der Waals surface area contributed by atoms with Gasteiger partial charge < -0.3 is 9.97 Å². The minimum Gasteiger partial charge on any atom is -0.346 e. The zero-order valence-electron chi connectivity index (χ0n) is 11.2. The number of rotatable bonds is 0. The maximum absolute atomic E-state index is 4.30. The number of nitrogens with one attached hydrogen (secondary N) is 2. The monoisotopic (exact) mass is 242 g/mol. The van der Waals surface area contributed by atoms with E-state index in [0.717, 1.165) is 28.4 Å². The highest BCUT2D eigenvalue weighted by Crippen LogP contribution is 2.12. The summed E-state index contributed by atoms with van der Waals surface area (Å²) in [6.07, 6.45) is 1.81. The highest BCUT2D eigenvalue weighted by atomic mass is 14.9. The van der Waals surface area contributed by atoms with E-state index in [0.29, 0.717) is 0 Å². The molecule has 18 heavy (non-hydrogen) atoms. The molecule has 0 amide bonds. The van der Waals surface area contributed by atoms with Crippen molar-refractivity contribution in [1.82, 2.24) is 19.9 Å². The number of nitrogens with zero attached hydrogens (tertiary/aromatic N) is 2. The first-order valence-electron chi connectivity index (χ1n) is 5.96. The van der Waals surface area contributed by atoms with Crippen LogP contribution in [0.25, 0.3) is 11.0 Å². The number of hydrogen-bond acceptors (Lipinski definition) is 2. The molecule has 0 saturated carbocycles. The van der Waals surface area contributed by atoms with Crippen LogP contribution in [0.2, 0.25) is 0 Å². The van der Waals surface area contributed by atoms with Gasteiger partial charge in [-0.3, -0.25) is 0 Å². The molecular formula is C14H18N4. The van der Waals surface area contributed by atoms with Crippen molar-refractivity contribution in [1.29, 1.82) is 0 Å². The maximum Gasteiger partial charge on any atom is 0.104 e. The van der Waals surface area contributed by atoms with Gasteiger partial charge >= 0.3 is 0 Å². The van der Waals surface area contributed by atoms with Crippen molar-refractivity contribution in [3.05, 3.63) is 47.3 Å². The van der Waals surface area contributed by atoms with Crippen LogP contribution >= 0.6 is 0 Å². The molecular weight excluding hydrogens is 224 g/mol. The summed E-state index contributed by atoms with van der Waals surface area (Å²) in [7, 11) is 0. The van der Waals surface area contributed by atoms with Crippen LogP contribution in [0.15, 0.2) is 24.4 Å². The fourth-order valence-electron chi connectivity index (χ4n) is 1.79. The van der Waals surface area contributed by atoms with Crippen LogP contribution in [-0.4, -0.2) is 19.9 Å². The average molecular weight is 242 g/mol. The lowest BCUT2D eigenvalue weighted by molar-refractivity contribution is 1.13. The Balaban J connectivity index is 0.000000149. The maximum atomic E-state index is 4.30. The van der Waals surface area contributed by atoms with E-state index in [1.807, 2.05) is 33.0 Å². The number of hydrogen-bond donors (Lipinski definition) is 2. The molecule has 2 aromatic heterocycles. The Kier molecular flexibility index (Phi) is 3.46. The van der Waals surface area contributed by atoms with Gasteiger partial charge in [0.2, 0.25) is 0 Å². The highest BCUT2D eigenvalue weighted by Gasteiger charge is 1.96. The lowest BCUT2D eigenvalue weighted by atomic mass is 10.2. The Morgan fingerprint density at radius 2 is 1.72 bits per heavy atom. The van der Waals surface area contributed by atoms with Crippen LogP contribution in [0.1, 0.15) is 22.9 Å². The molecule has 0 spiro atoms. The normalized spacial score (nSPS) is 10.2. The first-order chi connectivity index (χ1) is 8.54. The number of H-pyrrole nitrogens is 2. The third-order valence-electron chi connectivity index (χ3n) is 2.59. The van der Waals surface area contributed by atoms with Crippen molar-refractivity contribution in [3.8, 4) is 0 Å². The Bertz CT molecular complexity index is 632. The molecule has 94 valence electrons. The van der Waals surface area contributed by atoms with E-state index in [-0.39, 0.29) is 0 Å². The largest absolute Gasteiger partial charge is 0.346 e. The van der Waals surface area contributed by atoms with Gasteiger partial charge in [-0.1, -0.05) is 6.07 Å². The molecule has 2 heterocycles. The van der Waals surface area contributed by atoms with Crippen LogP contribution < -0.4 is 0 Å². The number of aromatic nitrogens is 4. The zero-order chi connectivity index (χ0) is 13.1. The molecule has 4 heteroatoms. The van der Waals surface area contributed by atoms with Crippen LogP contribution in [0.4, 0.5) is 0 Å². The van der Waals surface area contributed by atoms with Gasteiger partial charge in [-0.05, 0) is 45.4 Å². The van der Waals surface area contributed by atoms with Gasteiger partial charge in [0, 0.05) is 11.9 Å². The third kappa shape index (κ3) is 2.97. The summed E-state index contributed by atoms with van der Waals surface area (Å²) in [5.74, 6) is 1.96. The Labute approximate surface area is 106 Å². The predicted octanol–water partition coefficient (Wildman–Crippen LogP) is 3.21. The zero-order valence-corrected chi connectivity index (χ0v) is 11.2. The summed E-state index contributed by atoms with van der Waals surface area (Å²) >= 11 is 0. The number of aromatic amines is 2. The lowest BCUT2D eigenvalue weighted by Crippen LogP contribution is -1.71. The van der Waals surface area contributed by atoms with Crippen molar-refractivity contribution < 1.29 is 0 Å². The van der Waals surface area contributed by atoms with E-state index in [2.05, 4.69) is 39.0 Å². The van der Waals surface area contributed by atoms with Gasteiger partial charge in [0.25, 0.3) is 0 Å². The molecule has 2 N–H and O–H groups in total. The standard InChI is InChI=1S/C9H10N2.C5H8N2/c1-6-3-4-8-9(5-6)11-7(2)10-8;1-4-3-6-5(2)7-4/h3-5H,1-2H3,(H,10,11);3H,1-2H3,(H,6,7). The molecule has 0 bridgehead atoms. The third-order valence-corrected chi connectivity index (χ3v) is 2.59. The minimum atomic E-state index is 0.977. The molecule has 0 unspecified atom stereocenters. The Morgan fingerprint density at radius 3 is 2.28 bits per heavy atom. The van der Waals surface area contributed by atoms with Crippen LogP contribution in [0.3, 0.4) is 0 Å². The fraction of sp³-hybridized carbons (Fsp3) is 0.286. The topological polar surface area (TPSA) is 57.4 Å². The van der Waals surface area contributed by atoms with Gasteiger partial charge in [-0.15, -0.1) is 0 Å². The fourth-order valence-corrected chi connectivity index (χ4v) is 1.79. The summed E-state index contributed by atoms with van der Waals surface area (Å²) in [5, 5.41) is 0. The van der Waals surface area contributed by atoms with Crippen molar-refractivity contribution in [2.24, 2.45) is 0 Å². The van der Waals surface area contributed by atoms with Crippen molar-refractivity contribution >= 4 is 11.0 Å².